The molecule has 0 bridgehead atoms. The first-order valence-electron chi connectivity index (χ1n) is 5.61. The average molecular weight is 231 g/mol. The number of aromatic nitrogens is 2. The first-order valence-corrected chi connectivity index (χ1v) is 5.61. The van der Waals surface area contributed by atoms with Gasteiger partial charge < -0.3 is 10.5 Å². The number of nitrogens with two attached hydrogens (primary N) is 1. The van der Waals surface area contributed by atoms with E-state index < -0.39 is 0 Å². The fraction of sp³-hybridized carbons (Fsp3) is 0.308. The molecule has 2 rings (SSSR count). The molecule has 0 aliphatic heterocycles. The van der Waals surface area contributed by atoms with Crippen LogP contribution in [0.3, 0.4) is 0 Å². The van der Waals surface area contributed by atoms with Crippen LogP contribution in [0.1, 0.15) is 24.6 Å². The molecule has 0 saturated carbocycles. The highest BCUT2D eigenvalue weighted by Gasteiger charge is 2.17. The normalized spacial score (nSPS) is 14.3. The van der Waals surface area contributed by atoms with Gasteiger partial charge in [-0.15, -0.1) is 0 Å². The van der Waals surface area contributed by atoms with E-state index >= 15 is 0 Å². The van der Waals surface area contributed by atoms with Gasteiger partial charge in [0.15, 0.2) is 5.75 Å². The highest BCUT2D eigenvalue weighted by Crippen LogP contribution is 2.24. The summed E-state index contributed by atoms with van der Waals surface area (Å²) in [5.74, 6) is 0.747. The minimum atomic E-state index is -0.0826. The number of ether oxygens (including phenoxy) is 1. The van der Waals surface area contributed by atoms with Crippen molar-refractivity contribution in [2.24, 2.45) is 5.73 Å². The zero-order valence-corrected chi connectivity index (χ0v) is 10.1. The van der Waals surface area contributed by atoms with Gasteiger partial charge >= 0.3 is 0 Å². The summed E-state index contributed by atoms with van der Waals surface area (Å²) in [4.78, 5) is 0. The number of benzene rings is 1. The lowest BCUT2D eigenvalue weighted by molar-refractivity contribution is 0.399. The molecule has 17 heavy (non-hydrogen) atoms. The van der Waals surface area contributed by atoms with Gasteiger partial charge in [-0.1, -0.05) is 30.3 Å². The van der Waals surface area contributed by atoms with Gasteiger partial charge in [0.2, 0.25) is 0 Å². The fourth-order valence-corrected chi connectivity index (χ4v) is 1.77. The zero-order valence-electron chi connectivity index (χ0n) is 10.1. The number of nitrogens with zero attached hydrogens (tertiary/aromatic N) is 2. The van der Waals surface area contributed by atoms with E-state index in [9.17, 15) is 0 Å². The topological polar surface area (TPSA) is 53.1 Å². The molecule has 90 valence electrons. The Hall–Kier alpha value is -1.81. The molecule has 2 N–H and O–H groups in total. The van der Waals surface area contributed by atoms with E-state index in [2.05, 4.69) is 5.10 Å². The Kier molecular flexibility index (Phi) is 3.44. The van der Waals surface area contributed by atoms with Crippen molar-refractivity contribution in [3.05, 3.63) is 48.3 Å². The lowest BCUT2D eigenvalue weighted by atomic mass is 10.0. The standard InChI is InChI=1S/C13H17N3O/c1-10(16-9-12(17-2)8-15-16)13(14)11-6-4-3-5-7-11/h3-10,13H,14H2,1-2H3. The predicted octanol–water partition coefficient (Wildman–Crippen LogP) is 2.15. The van der Waals surface area contributed by atoms with Gasteiger partial charge in [-0.25, -0.2) is 0 Å². The Morgan fingerprint density at radius 3 is 2.59 bits per heavy atom. The number of hydrogen-bond acceptors (Lipinski definition) is 3. The van der Waals surface area contributed by atoms with Crippen molar-refractivity contribution in [3.63, 3.8) is 0 Å². The average Bonchev–Trinajstić information content (AvgIpc) is 2.87. The fourth-order valence-electron chi connectivity index (χ4n) is 1.77. The molecule has 0 amide bonds. The molecule has 0 fully saturated rings. The molecule has 1 aromatic heterocycles. The summed E-state index contributed by atoms with van der Waals surface area (Å²) < 4.78 is 6.94. The van der Waals surface area contributed by atoms with Crippen LogP contribution in [-0.4, -0.2) is 16.9 Å². The summed E-state index contributed by atoms with van der Waals surface area (Å²) >= 11 is 0. The van der Waals surface area contributed by atoms with Crippen molar-refractivity contribution >= 4 is 0 Å². The van der Waals surface area contributed by atoms with Gasteiger partial charge in [-0.3, -0.25) is 4.68 Å². The lowest BCUT2D eigenvalue weighted by Gasteiger charge is -2.20. The van der Waals surface area contributed by atoms with Gasteiger partial charge in [-0.2, -0.15) is 5.10 Å². The summed E-state index contributed by atoms with van der Waals surface area (Å²) in [6, 6.07) is 10.0. The monoisotopic (exact) mass is 231 g/mol. The van der Waals surface area contributed by atoms with Crippen LogP contribution in [0.4, 0.5) is 0 Å². The maximum absolute atomic E-state index is 6.22. The van der Waals surface area contributed by atoms with Crippen molar-refractivity contribution in [1.82, 2.24) is 9.78 Å². The molecular formula is C13H17N3O. The molecule has 0 saturated heterocycles. The summed E-state index contributed by atoms with van der Waals surface area (Å²) in [5.41, 5.74) is 7.33. The van der Waals surface area contributed by atoms with Crippen molar-refractivity contribution in [2.45, 2.75) is 19.0 Å². The Morgan fingerprint density at radius 2 is 2.00 bits per heavy atom. The van der Waals surface area contributed by atoms with Crippen molar-refractivity contribution in [1.29, 1.82) is 0 Å². The minimum Gasteiger partial charge on any atom is -0.493 e. The van der Waals surface area contributed by atoms with Crippen LogP contribution in [0.25, 0.3) is 0 Å². The quantitative estimate of drug-likeness (QED) is 0.877. The largest absolute Gasteiger partial charge is 0.493 e. The maximum Gasteiger partial charge on any atom is 0.156 e. The smallest absolute Gasteiger partial charge is 0.156 e. The van der Waals surface area contributed by atoms with E-state index in [1.54, 1.807) is 13.3 Å². The molecule has 0 spiro atoms. The zero-order chi connectivity index (χ0) is 12.3. The highest BCUT2D eigenvalue weighted by atomic mass is 16.5. The maximum atomic E-state index is 6.22. The van der Waals surface area contributed by atoms with Crippen molar-refractivity contribution < 1.29 is 4.74 Å². The summed E-state index contributed by atoms with van der Waals surface area (Å²) in [6.07, 6.45) is 3.54. The second-order valence-corrected chi connectivity index (χ2v) is 4.04. The summed E-state index contributed by atoms with van der Waals surface area (Å²) in [5, 5.41) is 4.25. The van der Waals surface area contributed by atoms with E-state index in [0.29, 0.717) is 0 Å². The third-order valence-electron chi connectivity index (χ3n) is 2.93. The molecular weight excluding hydrogens is 214 g/mol. The van der Waals surface area contributed by atoms with Crippen LogP contribution in [0, 0.1) is 0 Å². The molecule has 0 radical (unpaired) electrons. The molecule has 2 aromatic rings. The molecule has 2 unspecified atom stereocenters. The van der Waals surface area contributed by atoms with Crippen LogP contribution >= 0.6 is 0 Å². The van der Waals surface area contributed by atoms with E-state index in [4.69, 9.17) is 10.5 Å². The highest BCUT2D eigenvalue weighted by molar-refractivity contribution is 5.20. The molecule has 2 atom stereocenters. The summed E-state index contributed by atoms with van der Waals surface area (Å²) in [6.45, 7) is 2.05. The number of hydrogen-bond donors (Lipinski definition) is 1. The third-order valence-corrected chi connectivity index (χ3v) is 2.93. The van der Waals surface area contributed by atoms with E-state index in [-0.39, 0.29) is 12.1 Å². The van der Waals surface area contributed by atoms with Gasteiger partial charge in [0, 0.05) is 0 Å². The van der Waals surface area contributed by atoms with Crippen molar-refractivity contribution in [2.75, 3.05) is 7.11 Å². The molecule has 1 aromatic carbocycles. The van der Waals surface area contributed by atoms with Gasteiger partial charge in [-0.05, 0) is 12.5 Å². The van der Waals surface area contributed by atoms with Gasteiger partial charge in [0.25, 0.3) is 0 Å². The van der Waals surface area contributed by atoms with Gasteiger partial charge in [0.1, 0.15) is 0 Å². The molecule has 1 heterocycles. The predicted molar refractivity (Wildman–Crippen MR) is 66.9 cm³/mol. The first kappa shape index (κ1) is 11.7. The van der Waals surface area contributed by atoms with Crippen LogP contribution in [0.5, 0.6) is 5.75 Å². The Morgan fingerprint density at radius 1 is 1.29 bits per heavy atom. The van der Waals surface area contributed by atoms with Crippen LogP contribution in [0.2, 0.25) is 0 Å². The van der Waals surface area contributed by atoms with Gasteiger partial charge in [0.05, 0.1) is 31.6 Å². The number of rotatable bonds is 4. The third kappa shape index (κ3) is 2.47. The van der Waals surface area contributed by atoms with Crippen molar-refractivity contribution in [3.8, 4) is 5.75 Å². The van der Waals surface area contributed by atoms with E-state index in [1.165, 1.54) is 0 Å². The molecule has 0 aliphatic rings. The number of methoxy groups -OCH3 is 1. The molecule has 4 heteroatoms. The molecule has 0 aliphatic carbocycles. The molecule has 4 nitrogen and oxygen atoms in total. The second-order valence-electron chi connectivity index (χ2n) is 4.04. The lowest BCUT2D eigenvalue weighted by Crippen LogP contribution is -2.22. The van der Waals surface area contributed by atoms with Crippen LogP contribution in [0.15, 0.2) is 42.7 Å². The SMILES string of the molecule is COc1cnn(C(C)C(N)c2ccccc2)c1. The Bertz CT molecular complexity index is 467. The first-order chi connectivity index (χ1) is 8.22. The Labute approximate surface area is 101 Å². The van der Waals surface area contributed by atoms with E-state index in [0.717, 1.165) is 11.3 Å². The van der Waals surface area contributed by atoms with Crippen LogP contribution < -0.4 is 10.5 Å². The summed E-state index contributed by atoms with van der Waals surface area (Å²) in [7, 11) is 1.63. The van der Waals surface area contributed by atoms with Crippen LogP contribution in [-0.2, 0) is 0 Å². The Balaban J connectivity index is 2.17. The second kappa shape index (κ2) is 5.01. The van der Waals surface area contributed by atoms with E-state index in [1.807, 2.05) is 48.1 Å². The minimum absolute atomic E-state index is 0.0826.